The van der Waals surface area contributed by atoms with E-state index >= 15 is 0 Å². The van der Waals surface area contributed by atoms with Crippen molar-refractivity contribution in [2.45, 2.75) is 44.2 Å². The molecule has 1 aromatic heterocycles. The molecule has 1 heterocycles. The molecular weight excluding hydrogens is 451 g/mol. The molecule has 184 valence electrons. The first kappa shape index (κ1) is 24.3. The van der Waals surface area contributed by atoms with Gasteiger partial charge in [-0.2, -0.15) is 0 Å². The lowest BCUT2D eigenvalue weighted by atomic mass is 9.94. The molecular formula is C27H29FN2O5. The zero-order valence-electron chi connectivity index (χ0n) is 19.8. The molecule has 3 aromatic rings. The molecule has 0 radical (unpaired) electrons. The van der Waals surface area contributed by atoms with Gasteiger partial charge >= 0.3 is 0 Å². The van der Waals surface area contributed by atoms with E-state index in [1.165, 1.54) is 55.7 Å². The third-order valence-electron chi connectivity index (χ3n) is 6.24. The van der Waals surface area contributed by atoms with Crippen LogP contribution in [-0.4, -0.2) is 32.1 Å². The number of nitrogens with one attached hydrogen (secondary N) is 1. The molecule has 1 atom stereocenters. The van der Waals surface area contributed by atoms with Gasteiger partial charge < -0.3 is 19.2 Å². The summed E-state index contributed by atoms with van der Waals surface area (Å²) >= 11 is 0. The first-order valence-corrected chi connectivity index (χ1v) is 11.7. The second kappa shape index (κ2) is 11.1. The molecule has 2 amide bonds. The van der Waals surface area contributed by atoms with Crippen LogP contribution in [0.25, 0.3) is 0 Å². The maximum atomic E-state index is 13.8. The molecule has 35 heavy (non-hydrogen) atoms. The van der Waals surface area contributed by atoms with Crippen LogP contribution in [-0.2, 0) is 4.79 Å². The smallest absolute Gasteiger partial charge is 0.294 e. The highest BCUT2D eigenvalue weighted by molar-refractivity contribution is 6.08. The van der Waals surface area contributed by atoms with Gasteiger partial charge in [0.2, 0.25) is 5.91 Å². The first-order chi connectivity index (χ1) is 17.0. The van der Waals surface area contributed by atoms with Crippen LogP contribution in [0.3, 0.4) is 0 Å². The van der Waals surface area contributed by atoms with Gasteiger partial charge in [-0.15, -0.1) is 0 Å². The quantitative estimate of drug-likeness (QED) is 0.475. The molecule has 2 aromatic carbocycles. The van der Waals surface area contributed by atoms with Crippen LogP contribution in [0.4, 0.5) is 10.1 Å². The molecule has 0 bridgehead atoms. The summed E-state index contributed by atoms with van der Waals surface area (Å²) in [5, 5.41) is 3.12. The summed E-state index contributed by atoms with van der Waals surface area (Å²) in [7, 11) is 3.01. The minimum atomic E-state index is -1.08. The maximum Gasteiger partial charge on any atom is 0.294 e. The molecule has 0 unspecified atom stereocenters. The fourth-order valence-corrected chi connectivity index (χ4v) is 4.47. The average molecular weight is 481 g/mol. The van der Waals surface area contributed by atoms with Crippen molar-refractivity contribution in [3.8, 4) is 11.5 Å². The van der Waals surface area contributed by atoms with Gasteiger partial charge in [0.05, 0.1) is 20.5 Å². The predicted octanol–water partition coefficient (Wildman–Crippen LogP) is 5.27. The molecule has 0 saturated heterocycles. The number of halogens is 1. The summed E-state index contributed by atoms with van der Waals surface area (Å²) < 4.78 is 30.0. The van der Waals surface area contributed by atoms with Crippen LogP contribution < -0.4 is 19.7 Å². The van der Waals surface area contributed by atoms with Gasteiger partial charge in [-0.1, -0.05) is 31.4 Å². The van der Waals surface area contributed by atoms with Crippen LogP contribution in [0.15, 0.2) is 65.3 Å². The van der Waals surface area contributed by atoms with Crippen molar-refractivity contribution in [2.75, 3.05) is 19.1 Å². The lowest BCUT2D eigenvalue weighted by Gasteiger charge is -2.33. The second-order valence-corrected chi connectivity index (χ2v) is 8.49. The number of amides is 2. The Morgan fingerprint density at radius 3 is 2.34 bits per heavy atom. The monoisotopic (exact) mass is 480 g/mol. The lowest BCUT2D eigenvalue weighted by molar-refractivity contribution is -0.123. The highest BCUT2D eigenvalue weighted by Crippen LogP contribution is 2.36. The normalized spacial score (nSPS) is 14.7. The molecule has 8 heteroatoms. The Hall–Kier alpha value is -3.81. The molecule has 1 aliphatic rings. The SMILES string of the molecule is COc1ccc(N(C(=O)c2ccco2)[C@@H](C(=O)NC2CCCCC2)c2ccc(F)cc2)cc1OC. The average Bonchev–Trinajstić information content (AvgIpc) is 3.43. The molecule has 1 fully saturated rings. The molecule has 1 saturated carbocycles. The minimum absolute atomic E-state index is 0.0187. The van der Waals surface area contributed by atoms with Crippen molar-refractivity contribution in [3.05, 3.63) is 78.0 Å². The number of carbonyl (C=O) groups is 2. The van der Waals surface area contributed by atoms with Gasteiger partial charge in [0.1, 0.15) is 11.9 Å². The second-order valence-electron chi connectivity index (χ2n) is 8.49. The van der Waals surface area contributed by atoms with Gasteiger partial charge in [0.15, 0.2) is 17.3 Å². The number of furan rings is 1. The highest BCUT2D eigenvalue weighted by atomic mass is 19.1. The van der Waals surface area contributed by atoms with Crippen LogP contribution in [0.5, 0.6) is 11.5 Å². The third-order valence-corrected chi connectivity index (χ3v) is 6.24. The number of carbonyl (C=O) groups excluding carboxylic acids is 2. The molecule has 1 aliphatic carbocycles. The van der Waals surface area contributed by atoms with Crippen molar-refractivity contribution in [1.82, 2.24) is 5.32 Å². The Morgan fingerprint density at radius 1 is 1.00 bits per heavy atom. The molecule has 1 N–H and O–H groups in total. The van der Waals surface area contributed by atoms with Crippen molar-refractivity contribution < 1.29 is 27.9 Å². The number of anilines is 1. The van der Waals surface area contributed by atoms with Crippen molar-refractivity contribution >= 4 is 17.5 Å². The fourth-order valence-electron chi connectivity index (χ4n) is 4.47. The molecule has 0 aliphatic heterocycles. The summed E-state index contributed by atoms with van der Waals surface area (Å²) in [5.74, 6) is -0.361. The molecule has 0 spiro atoms. The van der Waals surface area contributed by atoms with Crippen LogP contribution in [0.2, 0.25) is 0 Å². The Bertz CT molecular complexity index is 1140. The summed E-state index contributed by atoms with van der Waals surface area (Å²) in [6.45, 7) is 0. The highest BCUT2D eigenvalue weighted by Gasteiger charge is 2.36. The Kier molecular flexibility index (Phi) is 7.70. The lowest BCUT2D eigenvalue weighted by Crippen LogP contribution is -2.47. The number of hydrogen-bond acceptors (Lipinski definition) is 5. The van der Waals surface area contributed by atoms with E-state index in [2.05, 4.69) is 5.32 Å². The standard InChI is InChI=1S/C27H29FN2O5/c1-33-22-15-14-21(17-24(22)34-2)30(27(32)23-9-6-16-35-23)25(18-10-12-19(28)13-11-18)26(31)29-20-7-4-3-5-8-20/h6,9-17,20,25H,3-5,7-8H2,1-2H3,(H,29,31)/t25-/m1/s1. The number of ether oxygens (including phenoxy) is 2. The van der Waals surface area contributed by atoms with Gasteiger partial charge in [0.25, 0.3) is 5.91 Å². The number of rotatable bonds is 8. The van der Waals surface area contributed by atoms with Crippen molar-refractivity contribution in [2.24, 2.45) is 0 Å². The predicted molar refractivity (Wildman–Crippen MR) is 129 cm³/mol. The minimum Gasteiger partial charge on any atom is -0.493 e. The van der Waals surface area contributed by atoms with E-state index in [-0.39, 0.29) is 17.7 Å². The Labute approximate surface area is 203 Å². The van der Waals surface area contributed by atoms with Crippen molar-refractivity contribution in [1.29, 1.82) is 0 Å². The van der Waals surface area contributed by atoms with E-state index in [1.54, 1.807) is 24.3 Å². The number of nitrogens with zero attached hydrogens (tertiary/aromatic N) is 1. The third kappa shape index (κ3) is 5.48. The molecule has 4 rings (SSSR count). The van der Waals surface area contributed by atoms with E-state index in [0.717, 1.165) is 32.1 Å². The summed E-state index contributed by atoms with van der Waals surface area (Å²) in [4.78, 5) is 28.9. The van der Waals surface area contributed by atoms with Gasteiger partial charge in [-0.05, 0) is 54.8 Å². The number of benzene rings is 2. The maximum absolute atomic E-state index is 13.8. The summed E-state index contributed by atoms with van der Waals surface area (Å²) in [6, 6.07) is 12.6. The van der Waals surface area contributed by atoms with Gasteiger partial charge in [-0.3, -0.25) is 14.5 Å². The van der Waals surface area contributed by atoms with Gasteiger partial charge in [-0.25, -0.2) is 4.39 Å². The van der Waals surface area contributed by atoms with Crippen LogP contribution >= 0.6 is 0 Å². The number of hydrogen-bond donors (Lipinski definition) is 1. The van der Waals surface area contributed by atoms with E-state index in [9.17, 15) is 14.0 Å². The van der Waals surface area contributed by atoms with E-state index < -0.39 is 17.8 Å². The van der Waals surface area contributed by atoms with Crippen molar-refractivity contribution in [3.63, 3.8) is 0 Å². The summed E-state index contributed by atoms with van der Waals surface area (Å²) in [5.41, 5.74) is 0.867. The van der Waals surface area contributed by atoms with E-state index in [4.69, 9.17) is 13.9 Å². The van der Waals surface area contributed by atoms with Gasteiger partial charge in [0, 0.05) is 17.8 Å². The number of methoxy groups -OCH3 is 2. The van der Waals surface area contributed by atoms with E-state index in [1.807, 2.05) is 0 Å². The van der Waals surface area contributed by atoms with E-state index in [0.29, 0.717) is 22.7 Å². The largest absolute Gasteiger partial charge is 0.493 e. The topological polar surface area (TPSA) is 81.0 Å². The molecule has 7 nitrogen and oxygen atoms in total. The zero-order chi connectivity index (χ0) is 24.8. The van der Waals surface area contributed by atoms with Crippen LogP contribution in [0, 0.1) is 5.82 Å². The zero-order valence-corrected chi connectivity index (χ0v) is 19.8. The fraction of sp³-hybridized carbons (Fsp3) is 0.333. The first-order valence-electron chi connectivity index (χ1n) is 11.7. The Balaban J connectivity index is 1.82. The van der Waals surface area contributed by atoms with Crippen LogP contribution in [0.1, 0.15) is 54.3 Å². The Morgan fingerprint density at radius 2 is 1.71 bits per heavy atom. The summed E-state index contributed by atoms with van der Waals surface area (Å²) in [6.07, 6.45) is 6.38.